The molecular weight excluding hydrogens is 262 g/mol. The number of hydrogen-bond donors (Lipinski definition) is 2. The number of hydrogen-bond acceptors (Lipinski definition) is 2. The molecule has 112 valence electrons. The van der Waals surface area contributed by atoms with Gasteiger partial charge in [0.2, 0.25) is 0 Å². The molecule has 0 radical (unpaired) electrons. The Morgan fingerprint density at radius 3 is 2.24 bits per heavy atom. The van der Waals surface area contributed by atoms with Crippen molar-refractivity contribution in [3.05, 3.63) is 66.2 Å². The smallest absolute Gasteiger partial charge is 0.137 e. The van der Waals surface area contributed by atoms with Gasteiger partial charge in [-0.25, -0.2) is 0 Å². The molecule has 0 aliphatic carbocycles. The maximum atomic E-state index is 10.1. The van der Waals surface area contributed by atoms with Crippen LogP contribution >= 0.6 is 0 Å². The van der Waals surface area contributed by atoms with E-state index in [-0.39, 0.29) is 0 Å². The van der Waals surface area contributed by atoms with Gasteiger partial charge in [0.05, 0.1) is 6.54 Å². The molecule has 3 nitrogen and oxygen atoms in total. The third kappa shape index (κ3) is 5.58. The number of rotatable bonds is 8. The predicted molar refractivity (Wildman–Crippen MR) is 84.5 cm³/mol. The fraction of sp³-hybridized carbons (Fsp3) is 0.333. The summed E-state index contributed by atoms with van der Waals surface area (Å²) in [5.41, 5.74) is 1.30. The Kier molecular flexibility index (Phi) is 6.25. The van der Waals surface area contributed by atoms with Crippen molar-refractivity contribution in [3.8, 4) is 5.75 Å². The fourth-order valence-electron chi connectivity index (χ4n) is 2.33. The summed E-state index contributed by atoms with van der Waals surface area (Å²) >= 11 is 0. The molecule has 0 aromatic heterocycles. The molecule has 0 amide bonds. The van der Waals surface area contributed by atoms with Crippen molar-refractivity contribution in [1.29, 1.82) is 0 Å². The number of quaternary nitrogens is 1. The van der Waals surface area contributed by atoms with E-state index in [1.807, 2.05) is 36.4 Å². The van der Waals surface area contributed by atoms with E-state index in [1.165, 1.54) is 10.5 Å². The number of nitrogens with one attached hydrogen (secondary N) is 1. The van der Waals surface area contributed by atoms with E-state index >= 15 is 0 Å². The first-order chi connectivity index (χ1) is 10.3. The molecule has 3 heteroatoms. The highest BCUT2D eigenvalue weighted by Crippen LogP contribution is 2.08. The quantitative estimate of drug-likeness (QED) is 0.772. The van der Waals surface area contributed by atoms with Crippen LogP contribution in [0.2, 0.25) is 0 Å². The van der Waals surface area contributed by atoms with Gasteiger partial charge < -0.3 is 14.7 Å². The van der Waals surface area contributed by atoms with E-state index < -0.39 is 6.10 Å². The average Bonchev–Trinajstić information content (AvgIpc) is 2.54. The highest BCUT2D eigenvalue weighted by atomic mass is 16.5. The van der Waals surface area contributed by atoms with Crippen LogP contribution in [-0.2, 0) is 6.54 Å². The zero-order valence-corrected chi connectivity index (χ0v) is 12.5. The van der Waals surface area contributed by atoms with Crippen molar-refractivity contribution in [3.63, 3.8) is 0 Å². The summed E-state index contributed by atoms with van der Waals surface area (Å²) in [5, 5.41) is 10.1. The zero-order valence-electron chi connectivity index (χ0n) is 12.5. The molecule has 0 saturated carbocycles. The maximum absolute atomic E-state index is 10.1. The number of aliphatic hydroxyl groups is 1. The normalized spacial score (nSPS) is 13.6. The van der Waals surface area contributed by atoms with Crippen LogP contribution < -0.4 is 9.64 Å². The van der Waals surface area contributed by atoms with Crippen molar-refractivity contribution in [2.45, 2.75) is 19.6 Å². The third-order valence-electron chi connectivity index (χ3n) is 3.51. The predicted octanol–water partition coefficient (Wildman–Crippen LogP) is 1.53. The Morgan fingerprint density at radius 2 is 1.62 bits per heavy atom. The molecule has 0 saturated heterocycles. The van der Waals surface area contributed by atoms with Crippen molar-refractivity contribution in [1.82, 2.24) is 0 Å². The van der Waals surface area contributed by atoms with Gasteiger partial charge in [-0.1, -0.05) is 48.5 Å². The van der Waals surface area contributed by atoms with Crippen molar-refractivity contribution in [2.24, 2.45) is 0 Å². The van der Waals surface area contributed by atoms with Gasteiger partial charge in [-0.2, -0.15) is 0 Å². The molecule has 0 aliphatic rings. The van der Waals surface area contributed by atoms with Crippen molar-refractivity contribution < 1.29 is 14.7 Å². The topological polar surface area (TPSA) is 33.9 Å². The van der Waals surface area contributed by atoms with Gasteiger partial charge in [-0.3, -0.25) is 0 Å². The molecule has 2 aromatic rings. The van der Waals surface area contributed by atoms with Gasteiger partial charge in [-0.05, 0) is 19.1 Å². The average molecular weight is 286 g/mol. The molecule has 1 unspecified atom stereocenters. The lowest BCUT2D eigenvalue weighted by molar-refractivity contribution is -0.915. The molecule has 2 atom stereocenters. The summed E-state index contributed by atoms with van der Waals surface area (Å²) in [5.74, 6) is 0.803. The summed E-state index contributed by atoms with van der Waals surface area (Å²) in [6.45, 7) is 5.08. The lowest BCUT2D eigenvalue weighted by Gasteiger charge is -2.21. The Hall–Kier alpha value is -1.84. The number of para-hydroxylation sites is 1. The van der Waals surface area contributed by atoms with Gasteiger partial charge in [0.25, 0.3) is 0 Å². The molecule has 2 N–H and O–H groups in total. The molecule has 2 rings (SSSR count). The van der Waals surface area contributed by atoms with Crippen LogP contribution in [0.4, 0.5) is 0 Å². The number of benzene rings is 2. The lowest BCUT2D eigenvalue weighted by Crippen LogP contribution is -3.11. The van der Waals surface area contributed by atoms with E-state index in [0.29, 0.717) is 13.2 Å². The summed E-state index contributed by atoms with van der Waals surface area (Å²) in [6.07, 6.45) is -0.455. The monoisotopic (exact) mass is 286 g/mol. The second-order valence-corrected chi connectivity index (χ2v) is 5.25. The van der Waals surface area contributed by atoms with Gasteiger partial charge in [0.15, 0.2) is 0 Å². The molecule has 0 aliphatic heterocycles. The van der Waals surface area contributed by atoms with Crippen LogP contribution in [-0.4, -0.2) is 30.9 Å². The van der Waals surface area contributed by atoms with E-state index in [0.717, 1.165) is 18.8 Å². The first kappa shape index (κ1) is 15.5. The molecule has 0 fully saturated rings. The Balaban J connectivity index is 1.78. The molecule has 0 spiro atoms. The minimum atomic E-state index is -0.455. The van der Waals surface area contributed by atoms with Crippen molar-refractivity contribution >= 4 is 0 Å². The van der Waals surface area contributed by atoms with Crippen molar-refractivity contribution in [2.75, 3.05) is 19.7 Å². The van der Waals surface area contributed by atoms with Gasteiger partial charge in [0, 0.05) is 5.56 Å². The molecule has 0 heterocycles. The number of aliphatic hydroxyl groups excluding tert-OH is 1. The first-order valence-corrected chi connectivity index (χ1v) is 7.51. The SMILES string of the molecule is CC[NH+](Cc1ccccc1)C[C@H](O)COc1ccccc1. The van der Waals surface area contributed by atoms with Crippen LogP contribution in [0.1, 0.15) is 12.5 Å². The van der Waals surface area contributed by atoms with Gasteiger partial charge >= 0.3 is 0 Å². The standard InChI is InChI=1S/C18H23NO2/c1-2-19(13-16-9-5-3-6-10-16)14-17(20)15-21-18-11-7-4-8-12-18/h3-12,17,20H,2,13-15H2,1H3/p+1/t17-/m0/s1. The zero-order chi connectivity index (χ0) is 14.9. The van der Waals surface area contributed by atoms with E-state index in [9.17, 15) is 5.11 Å². The second-order valence-electron chi connectivity index (χ2n) is 5.25. The molecule has 0 bridgehead atoms. The largest absolute Gasteiger partial charge is 0.491 e. The fourth-order valence-corrected chi connectivity index (χ4v) is 2.33. The van der Waals surface area contributed by atoms with Gasteiger partial charge in [-0.15, -0.1) is 0 Å². The summed E-state index contributed by atoms with van der Waals surface area (Å²) in [6, 6.07) is 20.0. The Bertz CT molecular complexity index is 501. The number of ether oxygens (including phenoxy) is 1. The third-order valence-corrected chi connectivity index (χ3v) is 3.51. The van der Waals surface area contributed by atoms with Gasteiger partial charge in [0.1, 0.15) is 31.5 Å². The Labute approximate surface area is 126 Å². The summed E-state index contributed by atoms with van der Waals surface area (Å²) in [4.78, 5) is 1.35. The van der Waals surface area contributed by atoms with E-state index in [4.69, 9.17) is 4.74 Å². The molecule has 2 aromatic carbocycles. The van der Waals surface area contributed by atoms with Crippen LogP contribution in [0.25, 0.3) is 0 Å². The van der Waals surface area contributed by atoms with Crippen LogP contribution in [0, 0.1) is 0 Å². The van der Waals surface area contributed by atoms with E-state index in [1.54, 1.807) is 0 Å². The highest BCUT2D eigenvalue weighted by Gasteiger charge is 2.14. The molecule has 21 heavy (non-hydrogen) atoms. The van der Waals surface area contributed by atoms with E-state index in [2.05, 4.69) is 31.2 Å². The second kappa shape index (κ2) is 8.45. The Morgan fingerprint density at radius 1 is 1.00 bits per heavy atom. The number of likely N-dealkylation sites (N-methyl/N-ethyl adjacent to an activating group) is 1. The maximum Gasteiger partial charge on any atom is 0.137 e. The lowest BCUT2D eigenvalue weighted by atomic mass is 10.2. The highest BCUT2D eigenvalue weighted by molar-refractivity contribution is 5.20. The van der Waals surface area contributed by atoms with Crippen LogP contribution in [0.5, 0.6) is 5.75 Å². The minimum absolute atomic E-state index is 0.336. The van der Waals surface area contributed by atoms with Crippen LogP contribution in [0.15, 0.2) is 60.7 Å². The summed E-state index contributed by atoms with van der Waals surface area (Å²) < 4.78 is 5.60. The van der Waals surface area contributed by atoms with Crippen LogP contribution in [0.3, 0.4) is 0 Å². The molecular formula is C18H24NO2+. The summed E-state index contributed by atoms with van der Waals surface area (Å²) in [7, 11) is 0. The first-order valence-electron chi connectivity index (χ1n) is 7.51. The minimum Gasteiger partial charge on any atom is -0.491 e.